The molecule has 0 N–H and O–H groups in total. The van der Waals surface area contributed by atoms with Gasteiger partial charge in [0, 0.05) is 49.0 Å². The van der Waals surface area contributed by atoms with Crippen LogP contribution in [0.4, 0.5) is 0 Å². The third-order valence-electron chi connectivity index (χ3n) is 10.1. The number of para-hydroxylation sites is 3. The fourth-order valence-electron chi connectivity index (χ4n) is 7.62. The molecule has 0 saturated carbocycles. The smallest absolute Gasteiger partial charge is 0.238 e. The van der Waals surface area contributed by atoms with E-state index < -0.39 is 0 Å². The van der Waals surface area contributed by atoms with Crippen molar-refractivity contribution in [2.24, 2.45) is 0 Å². The Hall–Kier alpha value is -7.56. The van der Waals surface area contributed by atoms with E-state index in [2.05, 4.69) is 66.7 Å². The Morgan fingerprint density at radius 2 is 1.09 bits per heavy atom. The maximum atomic E-state index is 9.80. The predicted molar refractivity (Wildman–Crippen MR) is 210 cm³/mol. The van der Waals surface area contributed by atoms with Crippen molar-refractivity contribution >= 4 is 65.7 Å². The molecule has 0 fully saturated rings. The molecule has 53 heavy (non-hydrogen) atoms. The topological polar surface area (TPSA) is 93.7 Å². The molecule has 0 radical (unpaired) electrons. The van der Waals surface area contributed by atoms with E-state index in [-0.39, 0.29) is 0 Å². The van der Waals surface area contributed by atoms with Crippen LogP contribution in [0, 0.1) is 11.3 Å². The molecule has 0 atom stereocenters. The van der Waals surface area contributed by atoms with E-state index in [4.69, 9.17) is 23.8 Å². The highest BCUT2D eigenvalue weighted by atomic mass is 16.3. The summed E-state index contributed by atoms with van der Waals surface area (Å²) >= 11 is 0. The second-order valence-electron chi connectivity index (χ2n) is 13.1. The van der Waals surface area contributed by atoms with Crippen molar-refractivity contribution in [3.63, 3.8) is 0 Å². The molecule has 7 nitrogen and oxygen atoms in total. The van der Waals surface area contributed by atoms with Gasteiger partial charge in [-0.2, -0.15) is 15.2 Å². The molecule has 0 unspecified atom stereocenters. The Morgan fingerprint density at radius 3 is 1.96 bits per heavy atom. The molecule has 246 valence electrons. The molecular weight excluding hydrogens is 655 g/mol. The summed E-state index contributed by atoms with van der Waals surface area (Å²) in [5.41, 5.74) is 9.25. The molecule has 0 spiro atoms. The zero-order valence-electron chi connectivity index (χ0n) is 28.0. The van der Waals surface area contributed by atoms with Crippen LogP contribution in [0.15, 0.2) is 160 Å². The zero-order valence-corrected chi connectivity index (χ0v) is 28.0. The van der Waals surface area contributed by atoms with Crippen LogP contribution >= 0.6 is 0 Å². The third kappa shape index (κ3) is 4.50. The maximum Gasteiger partial charge on any atom is 0.238 e. The van der Waals surface area contributed by atoms with Crippen molar-refractivity contribution in [2.75, 3.05) is 0 Å². The highest BCUT2D eigenvalue weighted by molar-refractivity contribution is 6.12. The van der Waals surface area contributed by atoms with Crippen molar-refractivity contribution in [3.05, 3.63) is 157 Å². The molecular formula is C46H25N5O2. The highest BCUT2D eigenvalue weighted by Gasteiger charge is 2.20. The first kappa shape index (κ1) is 29.2. The lowest BCUT2D eigenvalue weighted by Gasteiger charge is -2.11. The van der Waals surface area contributed by atoms with E-state index in [1.807, 2.05) is 95.6 Å². The van der Waals surface area contributed by atoms with Crippen LogP contribution in [-0.2, 0) is 0 Å². The third-order valence-corrected chi connectivity index (χ3v) is 10.1. The van der Waals surface area contributed by atoms with E-state index in [0.29, 0.717) is 23.2 Å². The van der Waals surface area contributed by atoms with Crippen LogP contribution in [-0.4, -0.2) is 19.5 Å². The van der Waals surface area contributed by atoms with Gasteiger partial charge in [-0.3, -0.25) is 4.57 Å². The minimum atomic E-state index is 0.461. The fourth-order valence-corrected chi connectivity index (χ4v) is 7.62. The number of rotatable bonds is 4. The van der Waals surface area contributed by atoms with Crippen molar-refractivity contribution in [3.8, 4) is 45.9 Å². The molecule has 0 aliphatic rings. The summed E-state index contributed by atoms with van der Waals surface area (Å²) in [6.07, 6.45) is 0. The van der Waals surface area contributed by atoms with Gasteiger partial charge in [-0.1, -0.05) is 103 Å². The first-order chi connectivity index (χ1) is 26.2. The van der Waals surface area contributed by atoms with Crippen molar-refractivity contribution in [1.82, 2.24) is 19.5 Å². The van der Waals surface area contributed by atoms with Crippen molar-refractivity contribution in [2.45, 2.75) is 0 Å². The van der Waals surface area contributed by atoms with Crippen LogP contribution in [0.3, 0.4) is 0 Å². The number of furan rings is 2. The first-order valence-corrected chi connectivity index (χ1v) is 17.3. The van der Waals surface area contributed by atoms with Crippen LogP contribution in [0.2, 0.25) is 0 Å². The second-order valence-corrected chi connectivity index (χ2v) is 13.1. The maximum absolute atomic E-state index is 9.80. The van der Waals surface area contributed by atoms with Crippen molar-refractivity contribution in [1.29, 1.82) is 5.26 Å². The lowest BCUT2D eigenvalue weighted by Crippen LogP contribution is -2.06. The minimum absolute atomic E-state index is 0.461. The van der Waals surface area contributed by atoms with Gasteiger partial charge in [-0.15, -0.1) is 0 Å². The summed E-state index contributed by atoms with van der Waals surface area (Å²) in [5.74, 6) is 1.51. The molecule has 4 heterocycles. The van der Waals surface area contributed by atoms with Gasteiger partial charge in [-0.25, -0.2) is 4.98 Å². The van der Waals surface area contributed by atoms with E-state index in [1.54, 1.807) is 0 Å². The van der Waals surface area contributed by atoms with Gasteiger partial charge in [0.15, 0.2) is 11.6 Å². The SMILES string of the molecule is N#Cc1ccc2c3ccccc3n(-c3nc(-c4ccccc4)nc(-c4ccc5c(c4)oc4c(-c6ccc7c(c6)oc6ccccc67)cccc45)n3)c2c1. The van der Waals surface area contributed by atoms with Gasteiger partial charge in [-0.05, 0) is 54.1 Å². The van der Waals surface area contributed by atoms with Gasteiger partial charge < -0.3 is 8.83 Å². The van der Waals surface area contributed by atoms with Crippen molar-refractivity contribution < 1.29 is 8.83 Å². The Morgan fingerprint density at radius 1 is 0.453 bits per heavy atom. The summed E-state index contributed by atoms with van der Waals surface area (Å²) < 4.78 is 14.9. The molecule has 0 aliphatic heterocycles. The molecule has 0 saturated heterocycles. The number of hydrogen-bond acceptors (Lipinski definition) is 6. The number of nitrogens with zero attached hydrogens (tertiary/aromatic N) is 5. The minimum Gasteiger partial charge on any atom is -0.456 e. The Bertz CT molecular complexity index is 3310. The van der Waals surface area contributed by atoms with Gasteiger partial charge in [0.05, 0.1) is 22.7 Å². The number of aromatic nitrogens is 4. The number of benzene rings is 7. The molecule has 11 aromatic rings. The normalized spacial score (nSPS) is 11.8. The molecule has 4 aromatic heterocycles. The number of nitriles is 1. The van der Waals surface area contributed by atoms with Crippen LogP contribution in [0.25, 0.3) is 106 Å². The summed E-state index contributed by atoms with van der Waals surface area (Å²) in [6, 6.07) is 52.9. The van der Waals surface area contributed by atoms with E-state index >= 15 is 0 Å². The van der Waals surface area contributed by atoms with Gasteiger partial charge >= 0.3 is 0 Å². The van der Waals surface area contributed by atoms with Gasteiger partial charge in [0.2, 0.25) is 5.95 Å². The standard InChI is InChI=1S/C46H25N5O2/c47-26-27-17-20-33-32-11-4-6-15-38(32)51(39(33)23-27)46-49-44(28-9-2-1-3-10-28)48-45(50-46)30-19-22-36-37-14-8-13-31(43(37)53-42(36)25-30)29-18-21-35-34-12-5-7-16-40(34)52-41(35)24-29/h1-25H. The molecule has 7 aromatic carbocycles. The second kappa shape index (κ2) is 11.2. The number of hydrogen-bond donors (Lipinski definition) is 0. The first-order valence-electron chi connectivity index (χ1n) is 17.3. The summed E-state index contributed by atoms with van der Waals surface area (Å²) in [5, 5.41) is 16.1. The largest absolute Gasteiger partial charge is 0.456 e. The zero-order chi connectivity index (χ0) is 35.0. The van der Waals surface area contributed by atoms with Crippen LogP contribution in [0.5, 0.6) is 0 Å². The molecule has 11 rings (SSSR count). The fraction of sp³-hybridized carbons (Fsp3) is 0. The molecule has 0 aliphatic carbocycles. The lowest BCUT2D eigenvalue weighted by molar-refractivity contribution is 0.668. The summed E-state index contributed by atoms with van der Waals surface area (Å²) in [7, 11) is 0. The van der Waals surface area contributed by atoms with E-state index in [0.717, 1.165) is 87.9 Å². The summed E-state index contributed by atoms with van der Waals surface area (Å²) in [4.78, 5) is 15.1. The van der Waals surface area contributed by atoms with Crippen LogP contribution < -0.4 is 0 Å². The average molecular weight is 680 g/mol. The Labute approximate surface area is 301 Å². The summed E-state index contributed by atoms with van der Waals surface area (Å²) in [6.45, 7) is 0. The molecule has 7 heteroatoms. The quantitative estimate of drug-likeness (QED) is 0.184. The Kier molecular flexibility index (Phi) is 6.18. The van der Waals surface area contributed by atoms with E-state index in [1.165, 1.54) is 0 Å². The average Bonchev–Trinajstić information content (AvgIpc) is 3.89. The van der Waals surface area contributed by atoms with Gasteiger partial charge in [0.1, 0.15) is 22.3 Å². The lowest BCUT2D eigenvalue weighted by atomic mass is 10.0. The van der Waals surface area contributed by atoms with Crippen LogP contribution in [0.1, 0.15) is 5.56 Å². The predicted octanol–water partition coefficient (Wildman–Crippen LogP) is 11.6. The van der Waals surface area contributed by atoms with Gasteiger partial charge in [0.25, 0.3) is 0 Å². The monoisotopic (exact) mass is 679 g/mol. The Balaban J connectivity index is 1.10. The van der Waals surface area contributed by atoms with E-state index in [9.17, 15) is 5.26 Å². The number of fused-ring (bicyclic) bond motifs is 9. The molecule has 0 amide bonds. The molecule has 0 bridgehead atoms. The highest BCUT2D eigenvalue weighted by Crippen LogP contribution is 2.40.